The minimum Gasteiger partial charge on any atom is 1.00 e. The van der Waals surface area contributed by atoms with E-state index in [2.05, 4.69) is 37.2 Å². The SMILES string of the molecule is CC#N.CN(C)Cc1ccccc1N=C(N(C)C)N(C)C.F[P-](F)(F)(F)(F)F.[Cu+]. The number of rotatable bonds is 3. The number of para-hydroxylation sites is 1. The van der Waals surface area contributed by atoms with Crippen LogP contribution in [0.15, 0.2) is 29.3 Å². The van der Waals surface area contributed by atoms with E-state index in [0.29, 0.717) is 0 Å². The van der Waals surface area contributed by atoms with E-state index in [9.17, 15) is 25.2 Å². The zero-order valence-electron chi connectivity index (χ0n) is 17.3. The Morgan fingerprint density at radius 2 is 1.28 bits per heavy atom. The zero-order valence-corrected chi connectivity index (χ0v) is 19.1. The molecule has 5 nitrogen and oxygen atoms in total. The number of hydrogen-bond donors (Lipinski definition) is 0. The molecule has 13 heteroatoms. The van der Waals surface area contributed by atoms with Gasteiger partial charge in [0.05, 0.1) is 11.8 Å². The molecule has 0 aliphatic rings. The van der Waals surface area contributed by atoms with Gasteiger partial charge in [-0.25, -0.2) is 4.99 Å². The average Bonchev–Trinajstić information content (AvgIpc) is 2.42. The molecule has 0 heterocycles. The molecule has 174 valence electrons. The van der Waals surface area contributed by atoms with Crippen molar-refractivity contribution in [3.63, 3.8) is 0 Å². The molecule has 0 saturated heterocycles. The molecular formula is C16H27CuF6N5P. The van der Waals surface area contributed by atoms with Crippen molar-refractivity contribution >= 4 is 19.5 Å². The Morgan fingerprint density at radius 1 is 0.931 bits per heavy atom. The first-order chi connectivity index (χ1) is 12.3. The van der Waals surface area contributed by atoms with E-state index in [1.807, 2.05) is 44.1 Å². The predicted molar refractivity (Wildman–Crippen MR) is 103 cm³/mol. The summed E-state index contributed by atoms with van der Waals surface area (Å²) < 4.78 is 59.2. The zero-order chi connectivity index (χ0) is 22.8. The van der Waals surface area contributed by atoms with Crippen LogP contribution in [-0.2, 0) is 23.6 Å². The fourth-order valence-electron chi connectivity index (χ4n) is 1.80. The third-order valence-electron chi connectivity index (χ3n) is 2.50. The van der Waals surface area contributed by atoms with Gasteiger partial charge in [0.2, 0.25) is 5.96 Å². The minimum atomic E-state index is -10.7. The molecule has 0 spiro atoms. The second-order valence-corrected chi connectivity index (χ2v) is 8.17. The van der Waals surface area contributed by atoms with Gasteiger partial charge < -0.3 is 14.7 Å². The molecular weight excluding hydrogens is 471 g/mol. The number of halogens is 6. The smallest absolute Gasteiger partial charge is 1.00 e. The first kappa shape index (κ1) is 32.1. The van der Waals surface area contributed by atoms with Gasteiger partial charge >= 0.3 is 50.1 Å². The van der Waals surface area contributed by atoms with Crippen LogP contribution in [0.2, 0.25) is 0 Å². The van der Waals surface area contributed by atoms with E-state index in [1.54, 1.807) is 6.07 Å². The number of guanidine groups is 1. The van der Waals surface area contributed by atoms with Gasteiger partial charge in [0.25, 0.3) is 0 Å². The van der Waals surface area contributed by atoms with Crippen molar-refractivity contribution in [2.75, 3.05) is 42.3 Å². The molecule has 0 fully saturated rings. The largest absolute Gasteiger partial charge is 1.00 e. The molecule has 0 unspecified atom stereocenters. The van der Waals surface area contributed by atoms with Crippen molar-refractivity contribution in [3.05, 3.63) is 29.8 Å². The maximum atomic E-state index is 9.87. The monoisotopic (exact) mass is 497 g/mol. The minimum absolute atomic E-state index is 0. The van der Waals surface area contributed by atoms with Crippen LogP contribution in [0.4, 0.5) is 30.9 Å². The average molecular weight is 498 g/mol. The topological polar surface area (TPSA) is 45.9 Å². The second kappa shape index (κ2) is 11.6. The van der Waals surface area contributed by atoms with Crippen LogP contribution in [0.25, 0.3) is 0 Å². The Kier molecular flexibility index (Phi) is 12.9. The second-order valence-electron chi connectivity index (χ2n) is 6.25. The van der Waals surface area contributed by atoms with Gasteiger partial charge in [-0.1, -0.05) is 18.2 Å². The van der Waals surface area contributed by atoms with E-state index in [-0.39, 0.29) is 17.1 Å². The van der Waals surface area contributed by atoms with E-state index < -0.39 is 7.81 Å². The standard InChI is InChI=1S/C14H24N4.C2H3N.Cu.F6P/c1-16(2)11-12-9-7-8-10-13(12)15-14(17(3)4)18(5)6;1-2-3;;1-7(2,3,4,5)6/h7-10H,11H2,1-6H3;1H3;;/q;;+1;-1. The molecule has 0 amide bonds. The predicted octanol–water partition coefficient (Wildman–Crippen LogP) is 5.77. The van der Waals surface area contributed by atoms with Gasteiger partial charge in [-0.05, 0) is 25.7 Å². The molecule has 0 aliphatic carbocycles. The first-order valence-electron chi connectivity index (χ1n) is 7.81. The molecule has 0 N–H and O–H groups in total. The Balaban J connectivity index is -0.000000516. The Hall–Kier alpha value is -1.53. The number of nitriles is 1. The first-order valence-corrected chi connectivity index (χ1v) is 9.84. The maximum absolute atomic E-state index is 10.7. The third kappa shape index (κ3) is 24.4. The van der Waals surface area contributed by atoms with Crippen LogP contribution in [0.1, 0.15) is 12.5 Å². The van der Waals surface area contributed by atoms with E-state index in [0.717, 1.165) is 18.2 Å². The number of benzene rings is 1. The van der Waals surface area contributed by atoms with Crippen molar-refractivity contribution in [2.45, 2.75) is 13.5 Å². The van der Waals surface area contributed by atoms with E-state index in [1.165, 1.54) is 12.5 Å². The van der Waals surface area contributed by atoms with Crippen molar-refractivity contribution in [1.82, 2.24) is 14.7 Å². The molecule has 29 heavy (non-hydrogen) atoms. The van der Waals surface area contributed by atoms with Crippen LogP contribution >= 0.6 is 7.81 Å². The van der Waals surface area contributed by atoms with Crippen molar-refractivity contribution in [2.24, 2.45) is 4.99 Å². The third-order valence-corrected chi connectivity index (χ3v) is 2.50. The van der Waals surface area contributed by atoms with Gasteiger partial charge in [0, 0.05) is 41.7 Å². The Bertz CT molecular complexity index is 663. The summed E-state index contributed by atoms with van der Waals surface area (Å²) in [6.45, 7) is 2.33. The van der Waals surface area contributed by atoms with E-state index >= 15 is 0 Å². The molecule has 1 aromatic rings. The molecule has 0 aliphatic heterocycles. The summed E-state index contributed by atoms with van der Waals surface area (Å²) in [5.41, 5.74) is 2.27. The number of aliphatic imine (C=N–C) groups is 1. The Labute approximate surface area is 178 Å². The van der Waals surface area contributed by atoms with Gasteiger partial charge in [-0.3, -0.25) is 0 Å². The normalized spacial score (nSPS) is 12.3. The van der Waals surface area contributed by atoms with Crippen LogP contribution in [0.5, 0.6) is 0 Å². The summed E-state index contributed by atoms with van der Waals surface area (Å²) >= 11 is 0. The van der Waals surface area contributed by atoms with Gasteiger partial charge in [-0.2, -0.15) is 5.26 Å². The van der Waals surface area contributed by atoms with Gasteiger partial charge in [0.1, 0.15) is 0 Å². The summed E-state index contributed by atoms with van der Waals surface area (Å²) in [7, 11) is 1.51. The molecule has 0 aromatic heterocycles. The quantitative estimate of drug-likeness (QED) is 0.175. The molecule has 0 saturated carbocycles. The van der Waals surface area contributed by atoms with Crippen LogP contribution < -0.4 is 0 Å². The van der Waals surface area contributed by atoms with Gasteiger partial charge in [0.15, 0.2) is 0 Å². The summed E-state index contributed by atoms with van der Waals surface area (Å²) in [4.78, 5) is 10.9. The fraction of sp³-hybridized carbons (Fsp3) is 0.500. The maximum Gasteiger partial charge on any atom is 1.00 e. The molecule has 0 bridgehead atoms. The molecule has 0 atom stereocenters. The van der Waals surface area contributed by atoms with Gasteiger partial charge in [-0.15, -0.1) is 0 Å². The molecule has 1 rings (SSSR count). The van der Waals surface area contributed by atoms with Crippen molar-refractivity contribution < 1.29 is 42.3 Å². The van der Waals surface area contributed by atoms with Crippen molar-refractivity contribution in [3.8, 4) is 6.07 Å². The summed E-state index contributed by atoms with van der Waals surface area (Å²) in [6.07, 6.45) is 0. The molecule has 0 radical (unpaired) electrons. The summed E-state index contributed by atoms with van der Waals surface area (Å²) in [6, 6.07) is 10.0. The summed E-state index contributed by atoms with van der Waals surface area (Å²) in [5.74, 6) is 0.946. The Morgan fingerprint density at radius 3 is 1.59 bits per heavy atom. The number of nitrogens with zero attached hydrogens (tertiary/aromatic N) is 5. The van der Waals surface area contributed by atoms with Crippen LogP contribution in [0.3, 0.4) is 0 Å². The fourth-order valence-corrected chi connectivity index (χ4v) is 1.80. The van der Waals surface area contributed by atoms with Crippen LogP contribution in [0, 0.1) is 11.3 Å². The van der Waals surface area contributed by atoms with Crippen molar-refractivity contribution in [1.29, 1.82) is 5.26 Å². The number of hydrogen-bond acceptors (Lipinski definition) is 3. The summed E-state index contributed by atoms with van der Waals surface area (Å²) in [5, 5.41) is 7.32. The van der Waals surface area contributed by atoms with E-state index in [4.69, 9.17) is 10.3 Å². The molecule has 1 aromatic carbocycles. The van der Waals surface area contributed by atoms with Crippen LogP contribution in [-0.4, -0.2) is 62.9 Å².